The highest BCUT2D eigenvalue weighted by atomic mass is 16.2. The molecule has 86 valence electrons. The number of urea groups is 1. The van der Waals surface area contributed by atoms with Crippen LogP contribution in [0, 0.1) is 0 Å². The summed E-state index contributed by atoms with van der Waals surface area (Å²) in [7, 11) is 3.36. The topological polar surface area (TPSA) is 56.7 Å². The number of hydrogen-bond donors (Lipinski definition) is 2. The van der Waals surface area contributed by atoms with Crippen molar-refractivity contribution >= 4 is 12.2 Å². The highest BCUT2D eigenvalue weighted by molar-refractivity contribution is 5.77. The lowest BCUT2D eigenvalue weighted by molar-refractivity contribution is 0.186. The van der Waals surface area contributed by atoms with Gasteiger partial charge >= 0.3 is 6.03 Å². The Kier molecular flexibility index (Phi) is 6.37. The van der Waals surface area contributed by atoms with Crippen LogP contribution in [0.15, 0.2) is 17.1 Å². The maximum atomic E-state index is 11.6. The van der Waals surface area contributed by atoms with E-state index < -0.39 is 0 Å². The van der Waals surface area contributed by atoms with Crippen LogP contribution in [0.1, 0.15) is 13.8 Å². The van der Waals surface area contributed by atoms with E-state index in [0.717, 1.165) is 5.57 Å². The summed E-state index contributed by atoms with van der Waals surface area (Å²) in [5.74, 6) is 0. The molecule has 1 atom stereocenters. The van der Waals surface area contributed by atoms with E-state index in [-0.39, 0.29) is 12.1 Å². The van der Waals surface area contributed by atoms with E-state index in [2.05, 4.69) is 22.3 Å². The van der Waals surface area contributed by atoms with Gasteiger partial charge in [0.1, 0.15) is 0 Å². The van der Waals surface area contributed by atoms with Crippen LogP contribution in [0.4, 0.5) is 4.79 Å². The second-order valence-electron chi connectivity index (χ2n) is 3.29. The standard InChI is InChI=1S/C10H20N4O/c1-8(2)9(3)13-10(15)14(12-5)7-6-11-4/h6,9,12H,1,7H2,2-5H3,(H,13,15). The Morgan fingerprint density at radius 1 is 1.67 bits per heavy atom. The quantitative estimate of drug-likeness (QED) is 0.402. The molecule has 0 aliphatic carbocycles. The Hall–Kier alpha value is -1.36. The minimum absolute atomic E-state index is 0.0353. The third kappa shape index (κ3) is 5.17. The Balaban J connectivity index is 4.20. The molecule has 0 aromatic carbocycles. The van der Waals surface area contributed by atoms with Gasteiger partial charge in [-0.05, 0) is 13.8 Å². The van der Waals surface area contributed by atoms with Gasteiger partial charge in [-0.1, -0.05) is 12.2 Å². The van der Waals surface area contributed by atoms with Gasteiger partial charge in [-0.2, -0.15) is 0 Å². The van der Waals surface area contributed by atoms with Gasteiger partial charge in [0, 0.05) is 26.4 Å². The molecule has 0 spiro atoms. The van der Waals surface area contributed by atoms with Crippen molar-refractivity contribution in [3.8, 4) is 0 Å². The predicted molar refractivity (Wildman–Crippen MR) is 63.0 cm³/mol. The van der Waals surface area contributed by atoms with E-state index >= 15 is 0 Å². The molecule has 0 aliphatic rings. The second-order valence-corrected chi connectivity index (χ2v) is 3.29. The average molecular weight is 212 g/mol. The first-order valence-electron chi connectivity index (χ1n) is 4.84. The Morgan fingerprint density at radius 2 is 2.27 bits per heavy atom. The van der Waals surface area contributed by atoms with Crippen LogP contribution in [0.5, 0.6) is 0 Å². The SMILES string of the molecule is C=C(C)C(C)NC(=O)N(CC=NC)NC. The predicted octanol–water partition coefficient (Wildman–Crippen LogP) is 0.798. The van der Waals surface area contributed by atoms with Crippen LogP contribution >= 0.6 is 0 Å². The summed E-state index contributed by atoms with van der Waals surface area (Å²) in [6, 6.07) is -0.222. The molecule has 5 nitrogen and oxygen atoms in total. The molecule has 0 saturated carbocycles. The molecule has 0 aliphatic heterocycles. The van der Waals surface area contributed by atoms with Crippen molar-refractivity contribution in [3.05, 3.63) is 12.2 Å². The largest absolute Gasteiger partial charge is 0.332 e. The first kappa shape index (κ1) is 13.6. The lowest BCUT2D eigenvalue weighted by Crippen LogP contribution is -2.50. The minimum Gasteiger partial charge on any atom is -0.331 e. The fourth-order valence-electron chi connectivity index (χ4n) is 0.825. The van der Waals surface area contributed by atoms with Crippen molar-refractivity contribution in [2.75, 3.05) is 20.6 Å². The smallest absolute Gasteiger partial charge is 0.331 e. The van der Waals surface area contributed by atoms with Crippen molar-refractivity contribution in [1.29, 1.82) is 0 Å². The highest BCUT2D eigenvalue weighted by Crippen LogP contribution is 1.96. The maximum absolute atomic E-state index is 11.6. The molecule has 0 bridgehead atoms. The fraction of sp³-hybridized carbons (Fsp3) is 0.600. The second kappa shape index (κ2) is 7.00. The Labute approximate surface area is 91.2 Å². The monoisotopic (exact) mass is 212 g/mol. The lowest BCUT2D eigenvalue weighted by Gasteiger charge is -2.22. The van der Waals surface area contributed by atoms with Crippen LogP contribution in [-0.2, 0) is 0 Å². The summed E-state index contributed by atoms with van der Waals surface area (Å²) in [5, 5.41) is 4.24. The molecule has 0 rings (SSSR count). The van der Waals surface area contributed by atoms with Crippen LogP contribution in [-0.4, -0.2) is 43.9 Å². The van der Waals surface area contributed by atoms with Crippen molar-refractivity contribution in [3.63, 3.8) is 0 Å². The van der Waals surface area contributed by atoms with E-state index in [1.165, 1.54) is 5.01 Å². The number of rotatable bonds is 5. The maximum Gasteiger partial charge on any atom is 0.332 e. The van der Waals surface area contributed by atoms with Crippen molar-refractivity contribution < 1.29 is 4.79 Å². The van der Waals surface area contributed by atoms with Crippen molar-refractivity contribution in [1.82, 2.24) is 15.8 Å². The molecule has 0 fully saturated rings. The number of hydrazine groups is 1. The Morgan fingerprint density at radius 3 is 2.67 bits per heavy atom. The molecule has 5 heteroatoms. The molecule has 2 N–H and O–H groups in total. The number of aliphatic imine (C=N–C) groups is 1. The van der Waals surface area contributed by atoms with Crippen molar-refractivity contribution in [2.45, 2.75) is 19.9 Å². The molecule has 0 aromatic heterocycles. The summed E-state index contributed by atoms with van der Waals surface area (Å²) in [6.07, 6.45) is 1.65. The first-order valence-corrected chi connectivity index (χ1v) is 4.84. The van der Waals surface area contributed by atoms with Crippen molar-refractivity contribution in [2.24, 2.45) is 4.99 Å². The molecular weight excluding hydrogens is 192 g/mol. The molecule has 0 aromatic rings. The van der Waals surface area contributed by atoms with E-state index in [4.69, 9.17) is 0 Å². The number of amides is 2. The minimum atomic E-state index is -0.187. The van der Waals surface area contributed by atoms with E-state index in [1.54, 1.807) is 20.3 Å². The molecule has 2 amide bonds. The molecule has 0 saturated heterocycles. The lowest BCUT2D eigenvalue weighted by atomic mass is 10.2. The summed E-state index contributed by atoms with van der Waals surface area (Å²) in [6.45, 7) is 7.98. The van der Waals surface area contributed by atoms with Crippen LogP contribution in [0.3, 0.4) is 0 Å². The van der Waals surface area contributed by atoms with Gasteiger partial charge in [0.15, 0.2) is 0 Å². The third-order valence-corrected chi connectivity index (χ3v) is 2.04. The fourth-order valence-corrected chi connectivity index (χ4v) is 0.825. The van der Waals surface area contributed by atoms with E-state index in [1.807, 2.05) is 13.8 Å². The van der Waals surface area contributed by atoms with Gasteiger partial charge < -0.3 is 5.32 Å². The zero-order valence-corrected chi connectivity index (χ0v) is 9.87. The zero-order valence-electron chi connectivity index (χ0n) is 9.87. The number of hydrogen-bond acceptors (Lipinski definition) is 3. The van der Waals surface area contributed by atoms with Gasteiger partial charge in [0.25, 0.3) is 0 Å². The van der Waals surface area contributed by atoms with Gasteiger partial charge in [-0.15, -0.1) is 0 Å². The van der Waals surface area contributed by atoms with Crippen LogP contribution < -0.4 is 10.7 Å². The number of carbonyl (C=O) groups is 1. The number of nitrogens with zero attached hydrogens (tertiary/aromatic N) is 2. The molecule has 15 heavy (non-hydrogen) atoms. The van der Waals surface area contributed by atoms with Gasteiger partial charge in [-0.25, -0.2) is 10.2 Å². The van der Waals surface area contributed by atoms with E-state index in [0.29, 0.717) is 6.54 Å². The number of nitrogens with one attached hydrogen (secondary N) is 2. The van der Waals surface area contributed by atoms with Gasteiger partial charge in [0.2, 0.25) is 0 Å². The summed E-state index contributed by atoms with van der Waals surface area (Å²) < 4.78 is 0. The molecular formula is C10H20N4O. The molecule has 0 radical (unpaired) electrons. The molecule has 0 heterocycles. The molecule has 1 unspecified atom stereocenters. The third-order valence-electron chi connectivity index (χ3n) is 2.04. The van der Waals surface area contributed by atoms with Crippen LogP contribution in [0.25, 0.3) is 0 Å². The highest BCUT2D eigenvalue weighted by Gasteiger charge is 2.13. The van der Waals surface area contributed by atoms with Gasteiger partial charge in [0.05, 0.1) is 6.54 Å². The zero-order chi connectivity index (χ0) is 11.8. The van der Waals surface area contributed by atoms with Crippen LogP contribution in [0.2, 0.25) is 0 Å². The average Bonchev–Trinajstić information content (AvgIpc) is 2.18. The number of carbonyl (C=O) groups excluding carboxylic acids is 1. The normalized spacial score (nSPS) is 12.5. The van der Waals surface area contributed by atoms with E-state index in [9.17, 15) is 4.79 Å². The Bertz CT molecular complexity index is 250. The summed E-state index contributed by atoms with van der Waals surface area (Å²) in [4.78, 5) is 15.5. The van der Waals surface area contributed by atoms with Gasteiger partial charge in [-0.3, -0.25) is 10.0 Å². The summed E-state index contributed by atoms with van der Waals surface area (Å²) in [5.41, 5.74) is 3.70. The summed E-state index contributed by atoms with van der Waals surface area (Å²) >= 11 is 0. The first-order chi connectivity index (χ1) is 7.02.